The number of benzene rings is 2. The number of esters is 1. The first-order valence-electron chi connectivity index (χ1n) is 12.1. The average Bonchev–Trinajstić information content (AvgIpc) is 3.52. The molecule has 0 spiro atoms. The largest absolute Gasteiger partial charge is 0.497 e. The summed E-state index contributed by atoms with van der Waals surface area (Å²) in [6.07, 6.45) is 1.59. The van der Waals surface area contributed by atoms with Crippen LogP contribution in [0.4, 0.5) is 0 Å². The van der Waals surface area contributed by atoms with Crippen molar-refractivity contribution in [2.45, 2.75) is 19.9 Å². The molecule has 39 heavy (non-hydrogen) atoms. The number of hydrogen-bond donors (Lipinski definition) is 1. The molecule has 198 valence electrons. The number of fused-ring (bicyclic) bond motifs is 1. The van der Waals surface area contributed by atoms with Gasteiger partial charge in [-0.3, -0.25) is 9.36 Å². The van der Waals surface area contributed by atoms with Gasteiger partial charge in [0.25, 0.3) is 5.56 Å². The van der Waals surface area contributed by atoms with Gasteiger partial charge in [0.15, 0.2) is 4.80 Å². The molecule has 1 N–H and O–H groups in total. The Hall–Kier alpha value is -4.70. The quantitative estimate of drug-likeness (QED) is 0.352. The second-order valence-electron chi connectivity index (χ2n) is 8.63. The molecule has 2 aromatic heterocycles. The first-order chi connectivity index (χ1) is 18.8. The molecule has 0 saturated carbocycles. The van der Waals surface area contributed by atoms with Gasteiger partial charge in [-0.2, -0.15) is 0 Å². The summed E-state index contributed by atoms with van der Waals surface area (Å²) in [6, 6.07) is 16.3. The number of nitrogens with zero attached hydrogens (tertiary/aromatic N) is 2. The van der Waals surface area contributed by atoms with Crippen LogP contribution in [0, 0.1) is 0 Å². The normalized spacial score (nSPS) is 15.1. The monoisotopic (exact) mass is 544 g/mol. The number of aromatic nitrogens is 1. The van der Waals surface area contributed by atoms with E-state index in [0.717, 1.165) is 0 Å². The van der Waals surface area contributed by atoms with E-state index in [-0.39, 0.29) is 23.3 Å². The second kappa shape index (κ2) is 10.6. The molecule has 5 rings (SSSR count). The molecular weight excluding hydrogens is 520 g/mol. The third-order valence-corrected chi connectivity index (χ3v) is 7.25. The van der Waals surface area contributed by atoms with E-state index < -0.39 is 18.0 Å². The molecule has 0 unspecified atom stereocenters. The Balaban J connectivity index is 1.63. The van der Waals surface area contributed by atoms with Gasteiger partial charge >= 0.3 is 11.9 Å². The predicted octanol–water partition coefficient (Wildman–Crippen LogP) is 3.77. The lowest BCUT2D eigenvalue weighted by molar-refractivity contribution is -0.139. The molecule has 0 aliphatic carbocycles. The summed E-state index contributed by atoms with van der Waals surface area (Å²) in [5, 5.41) is 9.52. The van der Waals surface area contributed by atoms with Crippen LogP contribution in [0.15, 0.2) is 86.1 Å². The highest BCUT2D eigenvalue weighted by Crippen LogP contribution is 2.32. The second-order valence-corrected chi connectivity index (χ2v) is 9.64. The lowest BCUT2D eigenvalue weighted by Crippen LogP contribution is -2.39. The fourth-order valence-corrected chi connectivity index (χ4v) is 5.51. The number of carbonyl (C=O) groups is 2. The molecule has 9 nitrogen and oxygen atoms in total. The van der Waals surface area contributed by atoms with E-state index in [1.165, 1.54) is 22.0 Å². The van der Waals surface area contributed by atoms with Crippen LogP contribution >= 0.6 is 11.3 Å². The summed E-state index contributed by atoms with van der Waals surface area (Å²) < 4.78 is 18.3. The van der Waals surface area contributed by atoms with Crippen molar-refractivity contribution in [3.8, 4) is 17.1 Å². The van der Waals surface area contributed by atoms with E-state index in [1.54, 1.807) is 81.6 Å². The molecule has 10 heteroatoms. The third-order valence-electron chi connectivity index (χ3n) is 6.27. The molecule has 0 radical (unpaired) electrons. The molecule has 0 amide bonds. The minimum atomic E-state index is -1.07. The topological polar surface area (TPSA) is 120 Å². The highest BCUT2D eigenvalue weighted by atomic mass is 32.1. The van der Waals surface area contributed by atoms with Gasteiger partial charge in [0.1, 0.15) is 17.3 Å². The molecule has 0 saturated heterocycles. The number of thiazole rings is 1. The Labute approximate surface area is 226 Å². The highest BCUT2D eigenvalue weighted by Gasteiger charge is 2.33. The zero-order valence-corrected chi connectivity index (χ0v) is 22.2. The minimum Gasteiger partial charge on any atom is -0.497 e. The van der Waals surface area contributed by atoms with Gasteiger partial charge in [0.2, 0.25) is 0 Å². The van der Waals surface area contributed by atoms with Crippen molar-refractivity contribution in [2.24, 2.45) is 4.99 Å². The Morgan fingerprint density at radius 1 is 1.13 bits per heavy atom. The maximum Gasteiger partial charge on any atom is 0.338 e. The zero-order valence-electron chi connectivity index (χ0n) is 21.3. The number of carbonyl (C=O) groups excluding carboxylic acids is 1. The number of hydrogen-bond acceptors (Lipinski definition) is 8. The number of rotatable bonds is 7. The molecule has 1 atom stereocenters. The number of carboxylic acid groups (broad SMARTS) is 1. The van der Waals surface area contributed by atoms with Gasteiger partial charge in [0.05, 0.1) is 41.1 Å². The SMILES string of the molecule is CCOC(=O)C1=C(C)N=c2sc(=Cc3ccc(-c4ccccc4C(=O)O)o3)c(=O)n2[C@@H]1c1ccc(OC)cc1. The highest BCUT2D eigenvalue weighted by molar-refractivity contribution is 7.07. The van der Waals surface area contributed by atoms with Crippen molar-refractivity contribution in [2.75, 3.05) is 13.7 Å². The molecule has 2 aromatic carbocycles. The van der Waals surface area contributed by atoms with E-state index in [1.807, 2.05) is 0 Å². The van der Waals surface area contributed by atoms with Crippen molar-refractivity contribution >= 4 is 29.4 Å². The number of carboxylic acids is 1. The summed E-state index contributed by atoms with van der Waals surface area (Å²) in [6.45, 7) is 3.62. The van der Waals surface area contributed by atoms with Gasteiger partial charge in [-0.05, 0) is 49.7 Å². The first-order valence-corrected chi connectivity index (χ1v) is 12.9. The minimum absolute atomic E-state index is 0.110. The summed E-state index contributed by atoms with van der Waals surface area (Å²) in [7, 11) is 1.56. The molecule has 1 aliphatic heterocycles. The van der Waals surface area contributed by atoms with E-state index >= 15 is 0 Å². The maximum atomic E-state index is 13.7. The van der Waals surface area contributed by atoms with Crippen molar-refractivity contribution < 1.29 is 28.6 Å². The predicted molar refractivity (Wildman–Crippen MR) is 144 cm³/mol. The van der Waals surface area contributed by atoms with Crippen LogP contribution in [0.25, 0.3) is 17.4 Å². The first kappa shape index (κ1) is 25.9. The number of methoxy groups -OCH3 is 1. The Morgan fingerprint density at radius 2 is 1.87 bits per heavy atom. The molecule has 3 heterocycles. The van der Waals surface area contributed by atoms with E-state index in [4.69, 9.17) is 13.9 Å². The van der Waals surface area contributed by atoms with Gasteiger partial charge in [-0.1, -0.05) is 41.7 Å². The number of ether oxygens (including phenoxy) is 2. The lowest BCUT2D eigenvalue weighted by atomic mass is 9.96. The number of furan rings is 1. The Morgan fingerprint density at radius 3 is 2.56 bits per heavy atom. The van der Waals surface area contributed by atoms with Crippen LogP contribution in [0.1, 0.15) is 41.6 Å². The molecule has 0 fully saturated rings. The Bertz CT molecular complexity index is 1790. The molecule has 4 aromatic rings. The van der Waals surface area contributed by atoms with Gasteiger partial charge in [-0.25, -0.2) is 14.6 Å². The fourth-order valence-electron chi connectivity index (χ4n) is 4.48. The zero-order chi connectivity index (χ0) is 27.7. The lowest BCUT2D eigenvalue weighted by Gasteiger charge is -2.24. The van der Waals surface area contributed by atoms with Crippen LogP contribution in [-0.4, -0.2) is 35.3 Å². The fraction of sp³-hybridized carbons (Fsp3) is 0.172. The molecule has 0 bridgehead atoms. The van der Waals surface area contributed by atoms with E-state index in [0.29, 0.717) is 43.4 Å². The third kappa shape index (κ3) is 4.82. The summed E-state index contributed by atoms with van der Waals surface area (Å²) in [4.78, 5) is 43.4. The molecular formula is C29H24N2O7S. The summed E-state index contributed by atoms with van der Waals surface area (Å²) in [5.41, 5.74) is 1.64. The Kier molecular flexibility index (Phi) is 7.03. The number of aromatic carboxylic acids is 1. The van der Waals surface area contributed by atoms with Crippen LogP contribution in [0.5, 0.6) is 5.75 Å². The van der Waals surface area contributed by atoms with E-state index in [2.05, 4.69) is 4.99 Å². The van der Waals surface area contributed by atoms with Crippen LogP contribution in [0.3, 0.4) is 0 Å². The molecule has 1 aliphatic rings. The van der Waals surface area contributed by atoms with Gasteiger partial charge in [0, 0.05) is 11.6 Å². The van der Waals surface area contributed by atoms with Gasteiger partial charge in [-0.15, -0.1) is 0 Å². The smallest absolute Gasteiger partial charge is 0.338 e. The van der Waals surface area contributed by atoms with E-state index in [9.17, 15) is 19.5 Å². The maximum absolute atomic E-state index is 13.7. The van der Waals surface area contributed by atoms with Crippen LogP contribution in [-0.2, 0) is 9.53 Å². The van der Waals surface area contributed by atoms with Crippen molar-refractivity contribution in [1.82, 2.24) is 4.57 Å². The van der Waals surface area contributed by atoms with Crippen molar-refractivity contribution in [3.05, 3.63) is 109 Å². The number of allylic oxidation sites excluding steroid dienone is 1. The standard InChI is InChI=1S/C29H24N2O7S/c1-4-37-28(35)24-16(2)30-29-31(25(24)17-9-11-18(36-3)12-10-17)26(32)23(39-29)15-19-13-14-22(38-19)20-7-5-6-8-21(20)27(33)34/h5-15,25H,4H2,1-3H3,(H,33,34)/t25-/m1/s1. The van der Waals surface area contributed by atoms with Crippen molar-refractivity contribution in [1.29, 1.82) is 0 Å². The summed E-state index contributed by atoms with van der Waals surface area (Å²) in [5.74, 6) is -0.228. The van der Waals surface area contributed by atoms with Crippen LogP contribution < -0.4 is 19.6 Å². The van der Waals surface area contributed by atoms with Crippen LogP contribution in [0.2, 0.25) is 0 Å². The van der Waals surface area contributed by atoms with Crippen molar-refractivity contribution in [3.63, 3.8) is 0 Å². The summed E-state index contributed by atoms with van der Waals surface area (Å²) >= 11 is 1.17. The average molecular weight is 545 g/mol. The van der Waals surface area contributed by atoms with Gasteiger partial charge < -0.3 is 19.0 Å².